The van der Waals surface area contributed by atoms with Gasteiger partial charge < -0.3 is 10.2 Å². The molecule has 0 spiro atoms. The molecule has 2 aromatic rings. The summed E-state index contributed by atoms with van der Waals surface area (Å²) in [6.07, 6.45) is 3.03. The Morgan fingerprint density at radius 1 is 1.29 bits per heavy atom. The fourth-order valence-corrected chi connectivity index (χ4v) is 3.14. The Hall–Kier alpha value is -2.07. The van der Waals surface area contributed by atoms with E-state index >= 15 is 0 Å². The first-order valence-electron chi connectivity index (χ1n) is 6.31. The normalized spacial score (nSPS) is 11.2. The zero-order valence-electron chi connectivity index (χ0n) is 11.6. The number of benzene rings is 1. The predicted octanol–water partition coefficient (Wildman–Crippen LogP) is 1.41. The lowest BCUT2D eigenvalue weighted by atomic mass is 10.2. The molecule has 0 radical (unpaired) electrons. The van der Waals surface area contributed by atoms with Crippen molar-refractivity contribution in [2.75, 3.05) is 13.6 Å². The zero-order chi connectivity index (χ0) is 15.3. The molecule has 0 unspecified atom stereocenters. The first-order valence-corrected chi connectivity index (χ1v) is 7.75. The first kappa shape index (κ1) is 15.3. The topological polar surface area (TPSA) is 76.5 Å². The van der Waals surface area contributed by atoms with Crippen molar-refractivity contribution in [3.8, 4) is 11.8 Å². The van der Waals surface area contributed by atoms with Crippen LogP contribution in [-0.2, 0) is 16.6 Å². The van der Waals surface area contributed by atoms with Gasteiger partial charge in [0.05, 0.1) is 24.0 Å². The molecule has 0 bridgehead atoms. The van der Waals surface area contributed by atoms with E-state index in [1.807, 2.05) is 0 Å². The monoisotopic (exact) mass is 304 g/mol. The minimum Gasteiger partial charge on any atom is -0.472 e. The van der Waals surface area contributed by atoms with Gasteiger partial charge in [-0.25, -0.2) is 8.42 Å². The third kappa shape index (κ3) is 3.52. The van der Waals surface area contributed by atoms with Crippen molar-refractivity contribution < 1.29 is 12.8 Å². The summed E-state index contributed by atoms with van der Waals surface area (Å²) in [5.74, 6) is 5.47. The highest BCUT2D eigenvalue weighted by Crippen LogP contribution is 2.20. The lowest BCUT2D eigenvalue weighted by Crippen LogP contribution is -2.27. The average Bonchev–Trinajstić information content (AvgIpc) is 2.98. The van der Waals surface area contributed by atoms with Gasteiger partial charge in [-0.2, -0.15) is 4.31 Å². The van der Waals surface area contributed by atoms with E-state index < -0.39 is 10.0 Å². The van der Waals surface area contributed by atoms with Gasteiger partial charge in [0.1, 0.15) is 0 Å². The first-order chi connectivity index (χ1) is 10.1. The molecule has 0 amide bonds. The van der Waals surface area contributed by atoms with Crippen LogP contribution in [0.2, 0.25) is 0 Å². The second kappa shape index (κ2) is 6.59. The van der Waals surface area contributed by atoms with Crippen molar-refractivity contribution in [1.29, 1.82) is 0 Å². The Balaban J connectivity index is 2.35. The van der Waals surface area contributed by atoms with Crippen molar-refractivity contribution in [3.63, 3.8) is 0 Å². The van der Waals surface area contributed by atoms with Crippen LogP contribution in [0.3, 0.4) is 0 Å². The Labute approximate surface area is 124 Å². The van der Waals surface area contributed by atoms with Crippen molar-refractivity contribution in [1.82, 2.24) is 4.31 Å². The van der Waals surface area contributed by atoms with E-state index in [0.29, 0.717) is 5.56 Å². The summed E-state index contributed by atoms with van der Waals surface area (Å²) in [5, 5.41) is 0. The predicted molar refractivity (Wildman–Crippen MR) is 79.7 cm³/mol. The van der Waals surface area contributed by atoms with Gasteiger partial charge in [-0.05, 0) is 18.2 Å². The van der Waals surface area contributed by atoms with Gasteiger partial charge >= 0.3 is 0 Å². The second-order valence-corrected chi connectivity index (χ2v) is 6.41. The summed E-state index contributed by atoms with van der Waals surface area (Å²) in [7, 11) is -2.10. The van der Waals surface area contributed by atoms with E-state index in [1.165, 1.54) is 23.9 Å². The fourth-order valence-electron chi connectivity index (χ4n) is 1.83. The molecule has 1 heterocycles. The third-order valence-electron chi connectivity index (χ3n) is 2.89. The van der Waals surface area contributed by atoms with Crippen LogP contribution in [-0.4, -0.2) is 26.3 Å². The van der Waals surface area contributed by atoms with Crippen LogP contribution in [0.1, 0.15) is 11.1 Å². The van der Waals surface area contributed by atoms with Gasteiger partial charge in [0.15, 0.2) is 0 Å². The van der Waals surface area contributed by atoms with Crippen molar-refractivity contribution in [2.24, 2.45) is 5.73 Å². The summed E-state index contributed by atoms with van der Waals surface area (Å²) in [6, 6.07) is 8.36. The molecule has 6 heteroatoms. The smallest absolute Gasteiger partial charge is 0.244 e. The lowest BCUT2D eigenvalue weighted by Gasteiger charge is -2.17. The highest BCUT2D eigenvalue weighted by molar-refractivity contribution is 7.89. The van der Waals surface area contributed by atoms with Gasteiger partial charge in [0.25, 0.3) is 0 Å². The molecule has 0 saturated heterocycles. The summed E-state index contributed by atoms with van der Waals surface area (Å²) in [6.45, 7) is 0.413. The van der Waals surface area contributed by atoms with E-state index in [9.17, 15) is 8.42 Å². The minimum atomic E-state index is -3.63. The molecule has 0 aliphatic heterocycles. The van der Waals surface area contributed by atoms with E-state index in [0.717, 1.165) is 5.56 Å². The van der Waals surface area contributed by atoms with Crippen LogP contribution in [0.15, 0.2) is 52.2 Å². The SMILES string of the molecule is CN(Cc1ccoc1)S(=O)(=O)c1ccccc1C#CCN. The quantitative estimate of drug-likeness (QED) is 0.867. The summed E-state index contributed by atoms with van der Waals surface area (Å²) < 4.78 is 31.5. The molecular formula is C15H16N2O3S. The van der Waals surface area contributed by atoms with Crippen LogP contribution >= 0.6 is 0 Å². The van der Waals surface area contributed by atoms with E-state index in [1.54, 1.807) is 30.3 Å². The summed E-state index contributed by atoms with van der Waals surface area (Å²) >= 11 is 0. The maximum atomic E-state index is 12.6. The molecule has 110 valence electrons. The zero-order valence-corrected chi connectivity index (χ0v) is 12.4. The minimum absolute atomic E-state index is 0.178. The van der Waals surface area contributed by atoms with Crippen molar-refractivity contribution in [2.45, 2.75) is 11.4 Å². The van der Waals surface area contributed by atoms with Gasteiger partial charge in [-0.1, -0.05) is 24.0 Å². The molecule has 21 heavy (non-hydrogen) atoms. The van der Waals surface area contributed by atoms with Gasteiger partial charge in [-0.3, -0.25) is 0 Å². The molecule has 1 aromatic carbocycles. The van der Waals surface area contributed by atoms with E-state index in [-0.39, 0.29) is 18.0 Å². The van der Waals surface area contributed by atoms with Gasteiger partial charge in [0.2, 0.25) is 10.0 Å². The number of hydrogen-bond acceptors (Lipinski definition) is 4. The molecule has 1 aromatic heterocycles. The number of nitrogens with zero attached hydrogens (tertiary/aromatic N) is 1. The number of sulfonamides is 1. The van der Waals surface area contributed by atoms with Crippen LogP contribution in [0.25, 0.3) is 0 Å². The van der Waals surface area contributed by atoms with Crippen LogP contribution in [0.5, 0.6) is 0 Å². The molecule has 0 saturated carbocycles. The van der Waals surface area contributed by atoms with Crippen LogP contribution in [0.4, 0.5) is 0 Å². The largest absolute Gasteiger partial charge is 0.472 e. The number of rotatable bonds is 4. The summed E-state index contributed by atoms with van der Waals surface area (Å²) in [4.78, 5) is 0.178. The molecule has 2 N–H and O–H groups in total. The molecule has 5 nitrogen and oxygen atoms in total. The van der Waals surface area contributed by atoms with Crippen LogP contribution in [0, 0.1) is 11.8 Å². The maximum Gasteiger partial charge on any atom is 0.244 e. The Kier molecular flexibility index (Phi) is 4.81. The summed E-state index contributed by atoms with van der Waals surface area (Å²) in [5.41, 5.74) is 6.57. The maximum absolute atomic E-state index is 12.6. The fraction of sp³-hybridized carbons (Fsp3) is 0.200. The molecule has 0 fully saturated rings. The van der Waals surface area contributed by atoms with Gasteiger partial charge in [0, 0.05) is 24.7 Å². The van der Waals surface area contributed by atoms with Crippen molar-refractivity contribution in [3.05, 3.63) is 54.0 Å². The Bertz CT molecular complexity index is 756. The van der Waals surface area contributed by atoms with Crippen LogP contribution < -0.4 is 5.73 Å². The van der Waals surface area contributed by atoms with Gasteiger partial charge in [-0.15, -0.1) is 0 Å². The highest BCUT2D eigenvalue weighted by Gasteiger charge is 2.23. The number of nitrogens with two attached hydrogens (primary N) is 1. The van der Waals surface area contributed by atoms with Crippen molar-refractivity contribution >= 4 is 10.0 Å². The third-order valence-corrected chi connectivity index (χ3v) is 4.75. The number of furan rings is 1. The molecular weight excluding hydrogens is 288 g/mol. The Morgan fingerprint density at radius 2 is 2.05 bits per heavy atom. The number of hydrogen-bond donors (Lipinski definition) is 1. The highest BCUT2D eigenvalue weighted by atomic mass is 32.2. The van der Waals surface area contributed by atoms with E-state index in [4.69, 9.17) is 10.2 Å². The standard InChI is InChI=1S/C15H16N2O3S/c1-17(11-13-8-10-20-12-13)21(18,19)15-7-3-2-5-14(15)6-4-9-16/h2-3,5,7-8,10,12H,9,11,16H2,1H3. The average molecular weight is 304 g/mol. The molecule has 2 rings (SSSR count). The Morgan fingerprint density at radius 3 is 2.71 bits per heavy atom. The lowest BCUT2D eigenvalue weighted by molar-refractivity contribution is 0.463. The molecule has 0 aliphatic carbocycles. The van der Waals surface area contributed by atoms with E-state index in [2.05, 4.69) is 11.8 Å². The molecule has 0 aliphatic rings. The molecule has 0 atom stereocenters. The second-order valence-electron chi connectivity index (χ2n) is 4.39.